The molecule has 216 valence electrons. The Morgan fingerprint density at radius 2 is 1.90 bits per heavy atom. The third-order valence-electron chi connectivity index (χ3n) is 6.75. The average molecular weight is 551 g/mol. The molecule has 0 fully saturated rings. The maximum Gasteiger partial charge on any atom is 0.230 e. The molecule has 0 aliphatic carbocycles. The minimum absolute atomic E-state index is 0.394. The van der Waals surface area contributed by atoms with Crippen molar-refractivity contribution in [2.24, 2.45) is 0 Å². The lowest BCUT2D eigenvalue weighted by atomic mass is 10.1. The van der Waals surface area contributed by atoms with Crippen molar-refractivity contribution in [3.05, 3.63) is 42.5 Å². The SMILES string of the molecule is COc1cc(N(C)CCN(C)C)c(NC(O)/C=C/CN(C)C)cc1Nc1ncnc(-c2cnn3c2CCCC3)n1. The zero-order chi connectivity index (χ0) is 28.6. The van der Waals surface area contributed by atoms with Gasteiger partial charge in [0, 0.05) is 45.0 Å². The Hall–Kier alpha value is -3.74. The standard InChI is InChI=1S/C28H42N10O2/c1-35(2)12-9-11-26(39)32-21-16-22(25(40-6)17-24(21)37(5)15-14-36(3)4)33-28-30-19-29-27(34-28)20-18-31-38-13-8-7-10-23(20)38/h9,11,16-19,26,32,39H,7-8,10,12-15H2,1-6H3,(H,29,30,33,34)/b11-9+. The number of benzene rings is 1. The lowest BCUT2D eigenvalue weighted by Gasteiger charge is -2.27. The van der Waals surface area contributed by atoms with Crippen molar-refractivity contribution in [1.29, 1.82) is 0 Å². The van der Waals surface area contributed by atoms with Gasteiger partial charge in [-0.1, -0.05) is 6.08 Å². The van der Waals surface area contributed by atoms with Crippen LogP contribution < -0.4 is 20.3 Å². The number of fused-ring (bicyclic) bond motifs is 1. The van der Waals surface area contributed by atoms with Crippen LogP contribution in [0.1, 0.15) is 18.5 Å². The van der Waals surface area contributed by atoms with Crippen LogP contribution in [-0.4, -0.2) is 108 Å². The van der Waals surface area contributed by atoms with Gasteiger partial charge in [0.2, 0.25) is 5.95 Å². The molecule has 0 amide bonds. The summed E-state index contributed by atoms with van der Waals surface area (Å²) in [6.45, 7) is 3.31. The van der Waals surface area contributed by atoms with Crippen molar-refractivity contribution in [3.8, 4) is 17.1 Å². The van der Waals surface area contributed by atoms with Crippen molar-refractivity contribution in [2.45, 2.75) is 32.0 Å². The molecular weight excluding hydrogens is 508 g/mol. The molecule has 1 atom stereocenters. The maximum atomic E-state index is 10.8. The highest BCUT2D eigenvalue weighted by atomic mass is 16.5. The average Bonchev–Trinajstić information content (AvgIpc) is 3.36. The Morgan fingerprint density at radius 3 is 2.65 bits per heavy atom. The number of aliphatic hydroxyl groups excluding tert-OH is 1. The van der Waals surface area contributed by atoms with E-state index in [0.717, 1.165) is 68.1 Å². The van der Waals surface area contributed by atoms with E-state index in [1.165, 1.54) is 6.33 Å². The van der Waals surface area contributed by atoms with Crippen LogP contribution in [0.3, 0.4) is 0 Å². The summed E-state index contributed by atoms with van der Waals surface area (Å²) < 4.78 is 7.81. The van der Waals surface area contributed by atoms with Crippen LogP contribution in [0.25, 0.3) is 11.4 Å². The molecule has 0 saturated carbocycles. The lowest BCUT2D eigenvalue weighted by molar-refractivity contribution is 0.251. The van der Waals surface area contributed by atoms with Gasteiger partial charge in [0.1, 0.15) is 18.3 Å². The summed E-state index contributed by atoms with van der Waals surface area (Å²) >= 11 is 0. The van der Waals surface area contributed by atoms with Gasteiger partial charge in [-0.15, -0.1) is 0 Å². The van der Waals surface area contributed by atoms with E-state index in [4.69, 9.17) is 9.72 Å². The van der Waals surface area contributed by atoms with Gasteiger partial charge < -0.3 is 35.2 Å². The van der Waals surface area contributed by atoms with Crippen LogP contribution in [-0.2, 0) is 13.0 Å². The number of nitrogens with zero attached hydrogens (tertiary/aromatic N) is 8. The first-order valence-corrected chi connectivity index (χ1v) is 13.6. The summed E-state index contributed by atoms with van der Waals surface area (Å²) in [4.78, 5) is 19.8. The molecule has 2 aromatic heterocycles. The first kappa shape index (κ1) is 29.2. The monoisotopic (exact) mass is 550 g/mol. The molecule has 40 heavy (non-hydrogen) atoms. The largest absolute Gasteiger partial charge is 0.494 e. The van der Waals surface area contributed by atoms with Crippen LogP contribution in [0.15, 0.2) is 36.8 Å². The third kappa shape index (κ3) is 7.46. The van der Waals surface area contributed by atoms with Crippen molar-refractivity contribution in [1.82, 2.24) is 34.5 Å². The molecule has 1 aliphatic rings. The minimum atomic E-state index is -0.875. The minimum Gasteiger partial charge on any atom is -0.494 e. The quantitative estimate of drug-likeness (QED) is 0.215. The van der Waals surface area contributed by atoms with E-state index < -0.39 is 6.23 Å². The summed E-state index contributed by atoms with van der Waals surface area (Å²) in [7, 11) is 11.7. The molecular formula is C28H42N10O2. The van der Waals surface area contributed by atoms with E-state index >= 15 is 0 Å². The number of aliphatic hydroxyl groups is 1. The van der Waals surface area contributed by atoms with E-state index in [0.29, 0.717) is 23.2 Å². The molecule has 3 N–H and O–H groups in total. The fraction of sp³-hybridized carbons (Fsp3) is 0.500. The number of anilines is 4. The van der Waals surface area contributed by atoms with E-state index in [2.05, 4.69) is 35.5 Å². The van der Waals surface area contributed by atoms with Gasteiger partial charge in [-0.05, 0) is 59.6 Å². The van der Waals surface area contributed by atoms with Crippen molar-refractivity contribution in [3.63, 3.8) is 0 Å². The second-order valence-corrected chi connectivity index (χ2v) is 10.5. The van der Waals surface area contributed by atoms with Crippen LogP contribution in [0, 0.1) is 0 Å². The fourth-order valence-electron chi connectivity index (χ4n) is 4.56. The molecule has 1 unspecified atom stereocenters. The van der Waals surface area contributed by atoms with Gasteiger partial charge >= 0.3 is 0 Å². The highest BCUT2D eigenvalue weighted by molar-refractivity contribution is 5.81. The number of nitrogens with one attached hydrogen (secondary N) is 2. The van der Waals surface area contributed by atoms with E-state index in [1.807, 2.05) is 69.2 Å². The Bertz CT molecular complexity index is 1290. The first-order valence-electron chi connectivity index (χ1n) is 13.6. The number of aryl methyl sites for hydroxylation is 1. The van der Waals surface area contributed by atoms with Gasteiger partial charge in [0.15, 0.2) is 5.82 Å². The molecule has 1 aromatic carbocycles. The Labute approximate surface area is 236 Å². The van der Waals surface area contributed by atoms with Crippen LogP contribution >= 0.6 is 0 Å². The van der Waals surface area contributed by atoms with E-state index in [-0.39, 0.29) is 0 Å². The first-order chi connectivity index (χ1) is 19.2. The predicted molar refractivity (Wildman–Crippen MR) is 159 cm³/mol. The summed E-state index contributed by atoms with van der Waals surface area (Å²) in [5.74, 6) is 1.60. The summed E-state index contributed by atoms with van der Waals surface area (Å²) in [6, 6.07) is 3.86. The molecule has 3 heterocycles. The van der Waals surface area contributed by atoms with Crippen LogP contribution in [0.5, 0.6) is 5.75 Å². The Morgan fingerprint density at radius 1 is 1.07 bits per heavy atom. The molecule has 12 nitrogen and oxygen atoms in total. The second kappa shape index (κ2) is 13.6. The zero-order valence-corrected chi connectivity index (χ0v) is 24.4. The van der Waals surface area contributed by atoms with Gasteiger partial charge in [0.25, 0.3) is 0 Å². The number of ether oxygens (including phenoxy) is 1. The highest BCUT2D eigenvalue weighted by Crippen LogP contribution is 2.38. The number of methoxy groups -OCH3 is 1. The molecule has 1 aliphatic heterocycles. The zero-order valence-electron chi connectivity index (χ0n) is 24.4. The fourth-order valence-corrected chi connectivity index (χ4v) is 4.56. The predicted octanol–water partition coefficient (Wildman–Crippen LogP) is 2.67. The molecule has 0 saturated heterocycles. The number of rotatable bonds is 13. The van der Waals surface area contributed by atoms with Gasteiger partial charge in [-0.2, -0.15) is 10.1 Å². The third-order valence-corrected chi connectivity index (χ3v) is 6.75. The van der Waals surface area contributed by atoms with Crippen molar-refractivity contribution in [2.75, 3.05) is 77.5 Å². The number of hydrogen-bond donors (Lipinski definition) is 3. The molecule has 0 spiro atoms. The second-order valence-electron chi connectivity index (χ2n) is 10.5. The normalized spacial score (nSPS) is 14.0. The van der Waals surface area contributed by atoms with Crippen molar-refractivity contribution >= 4 is 23.0 Å². The Balaban J connectivity index is 1.64. The van der Waals surface area contributed by atoms with Crippen LogP contribution in [0.2, 0.25) is 0 Å². The van der Waals surface area contributed by atoms with Gasteiger partial charge in [-0.3, -0.25) is 4.68 Å². The molecule has 3 aromatic rings. The van der Waals surface area contributed by atoms with E-state index in [1.54, 1.807) is 13.2 Å². The van der Waals surface area contributed by atoms with Crippen molar-refractivity contribution < 1.29 is 9.84 Å². The lowest BCUT2D eigenvalue weighted by Crippen LogP contribution is -2.29. The topological polar surface area (TPSA) is 120 Å². The molecule has 0 radical (unpaired) electrons. The molecule has 12 heteroatoms. The molecule has 0 bridgehead atoms. The number of aromatic nitrogens is 5. The number of likely N-dealkylation sites (N-methyl/N-ethyl adjacent to an activating group) is 3. The highest BCUT2D eigenvalue weighted by Gasteiger charge is 2.20. The van der Waals surface area contributed by atoms with Gasteiger partial charge in [-0.25, -0.2) is 9.97 Å². The van der Waals surface area contributed by atoms with Crippen LogP contribution in [0.4, 0.5) is 23.0 Å². The van der Waals surface area contributed by atoms with E-state index in [9.17, 15) is 5.11 Å². The summed E-state index contributed by atoms with van der Waals surface area (Å²) in [5, 5.41) is 21.8. The molecule has 4 rings (SSSR count). The van der Waals surface area contributed by atoms with Gasteiger partial charge in [0.05, 0.1) is 35.9 Å². The smallest absolute Gasteiger partial charge is 0.230 e. The summed E-state index contributed by atoms with van der Waals surface area (Å²) in [5.41, 5.74) is 4.39. The Kier molecular flexibility index (Phi) is 9.91. The maximum absolute atomic E-state index is 10.8. The number of hydrogen-bond acceptors (Lipinski definition) is 11. The summed E-state index contributed by atoms with van der Waals surface area (Å²) in [6.07, 6.45) is 9.36.